The van der Waals surface area contributed by atoms with Crippen LogP contribution in [0.1, 0.15) is 30.4 Å². The predicted molar refractivity (Wildman–Crippen MR) is 95.9 cm³/mol. The van der Waals surface area contributed by atoms with Crippen molar-refractivity contribution in [2.24, 2.45) is 5.92 Å². The van der Waals surface area contributed by atoms with Crippen molar-refractivity contribution in [3.05, 3.63) is 29.3 Å². The second-order valence-corrected chi connectivity index (χ2v) is 7.08. The van der Waals surface area contributed by atoms with E-state index in [-0.39, 0.29) is 18.1 Å². The highest BCUT2D eigenvalue weighted by atomic mass is 16.5. The Kier molecular flexibility index (Phi) is 5.97. The first-order valence-electron chi connectivity index (χ1n) is 9.17. The van der Waals surface area contributed by atoms with E-state index in [4.69, 9.17) is 14.2 Å². The zero-order valence-electron chi connectivity index (χ0n) is 15.5. The summed E-state index contributed by atoms with van der Waals surface area (Å²) < 4.78 is 16.7. The highest BCUT2D eigenvalue weighted by molar-refractivity contribution is 5.79. The van der Waals surface area contributed by atoms with Crippen molar-refractivity contribution in [1.29, 1.82) is 0 Å². The van der Waals surface area contributed by atoms with Gasteiger partial charge in [-0.1, -0.05) is 18.6 Å². The maximum absolute atomic E-state index is 13.0. The second kappa shape index (κ2) is 8.19. The minimum absolute atomic E-state index is 0.126. The number of aryl methyl sites for hydroxylation is 1. The lowest BCUT2D eigenvalue weighted by Crippen LogP contribution is -2.54. The summed E-state index contributed by atoms with van der Waals surface area (Å²) in [5.41, 5.74) is 2.07. The van der Waals surface area contributed by atoms with Gasteiger partial charge in [0.15, 0.2) is 0 Å². The third-order valence-corrected chi connectivity index (χ3v) is 5.61. The molecule has 1 aliphatic carbocycles. The summed E-state index contributed by atoms with van der Waals surface area (Å²) >= 11 is 0. The van der Waals surface area contributed by atoms with E-state index in [0.29, 0.717) is 32.1 Å². The average molecular weight is 347 g/mol. The van der Waals surface area contributed by atoms with Crippen molar-refractivity contribution in [2.75, 3.05) is 34.0 Å². The molecular formula is C20H29NO4. The first-order valence-corrected chi connectivity index (χ1v) is 9.17. The SMILES string of the molecule is COc1cc(CC(=O)N2CCOC[C@@H]2[C@H]2CCC[C@H]2OC)ccc1C. The first-order chi connectivity index (χ1) is 12.1. The van der Waals surface area contributed by atoms with Crippen LogP contribution in [0.15, 0.2) is 18.2 Å². The standard InChI is InChI=1S/C20H29NO4/c1-14-7-8-15(11-19(14)24-3)12-20(22)21-9-10-25-13-17(21)16-5-4-6-18(16)23-2/h7-8,11,16-18H,4-6,9-10,12-13H2,1-3H3/t16-,17-,18-/m1/s1. The summed E-state index contributed by atoms with van der Waals surface area (Å²) in [5, 5.41) is 0. The average Bonchev–Trinajstić information content (AvgIpc) is 3.11. The van der Waals surface area contributed by atoms with Gasteiger partial charge in [-0.2, -0.15) is 0 Å². The van der Waals surface area contributed by atoms with E-state index in [9.17, 15) is 4.79 Å². The lowest BCUT2D eigenvalue weighted by Gasteiger charge is -2.40. The van der Waals surface area contributed by atoms with E-state index in [1.807, 2.05) is 30.0 Å². The molecular weight excluding hydrogens is 318 g/mol. The largest absolute Gasteiger partial charge is 0.496 e. The van der Waals surface area contributed by atoms with E-state index in [2.05, 4.69) is 0 Å². The van der Waals surface area contributed by atoms with Crippen LogP contribution in [0.4, 0.5) is 0 Å². The van der Waals surface area contributed by atoms with Gasteiger partial charge in [-0.15, -0.1) is 0 Å². The smallest absolute Gasteiger partial charge is 0.227 e. The zero-order chi connectivity index (χ0) is 17.8. The fourth-order valence-electron chi connectivity index (χ4n) is 4.23. The molecule has 3 rings (SSSR count). The third-order valence-electron chi connectivity index (χ3n) is 5.61. The van der Waals surface area contributed by atoms with Gasteiger partial charge in [0.2, 0.25) is 5.91 Å². The molecule has 3 atom stereocenters. The Bertz CT molecular complexity index is 603. The molecule has 2 aliphatic rings. The normalized spacial score (nSPS) is 26.7. The maximum atomic E-state index is 13.0. The lowest BCUT2D eigenvalue weighted by molar-refractivity contribution is -0.143. The molecule has 0 unspecified atom stereocenters. The van der Waals surface area contributed by atoms with Crippen molar-refractivity contribution in [1.82, 2.24) is 4.90 Å². The lowest BCUT2D eigenvalue weighted by atomic mass is 9.93. The number of methoxy groups -OCH3 is 2. The number of ether oxygens (including phenoxy) is 3. The first kappa shape index (κ1) is 18.2. The minimum atomic E-state index is 0.126. The van der Waals surface area contributed by atoms with Crippen molar-refractivity contribution in [2.45, 2.75) is 44.8 Å². The van der Waals surface area contributed by atoms with Gasteiger partial charge < -0.3 is 19.1 Å². The van der Waals surface area contributed by atoms with Gasteiger partial charge in [-0.3, -0.25) is 4.79 Å². The monoisotopic (exact) mass is 347 g/mol. The number of hydrogen-bond acceptors (Lipinski definition) is 4. The van der Waals surface area contributed by atoms with E-state index in [1.54, 1.807) is 14.2 Å². The summed E-state index contributed by atoms with van der Waals surface area (Å²) in [6, 6.07) is 6.12. The van der Waals surface area contributed by atoms with E-state index < -0.39 is 0 Å². The molecule has 0 radical (unpaired) electrons. The number of nitrogens with zero attached hydrogens (tertiary/aromatic N) is 1. The van der Waals surface area contributed by atoms with Crippen LogP contribution in [0, 0.1) is 12.8 Å². The molecule has 1 heterocycles. The number of rotatable bonds is 5. The maximum Gasteiger partial charge on any atom is 0.227 e. The van der Waals surface area contributed by atoms with E-state index in [0.717, 1.165) is 36.1 Å². The molecule has 0 aromatic heterocycles. The van der Waals surface area contributed by atoms with Crippen LogP contribution in [0.5, 0.6) is 5.75 Å². The Balaban J connectivity index is 1.72. The number of carbonyl (C=O) groups is 1. The predicted octanol–water partition coefficient (Wildman–Crippen LogP) is 2.59. The fourth-order valence-corrected chi connectivity index (χ4v) is 4.23. The highest BCUT2D eigenvalue weighted by Crippen LogP contribution is 2.34. The summed E-state index contributed by atoms with van der Waals surface area (Å²) in [4.78, 5) is 15.0. The third kappa shape index (κ3) is 3.98. The number of hydrogen-bond donors (Lipinski definition) is 0. The molecule has 25 heavy (non-hydrogen) atoms. The van der Waals surface area contributed by atoms with Crippen molar-refractivity contribution >= 4 is 5.91 Å². The molecule has 5 nitrogen and oxygen atoms in total. The summed E-state index contributed by atoms with van der Waals surface area (Å²) in [6.07, 6.45) is 3.99. The van der Waals surface area contributed by atoms with Gasteiger partial charge in [-0.05, 0) is 37.0 Å². The van der Waals surface area contributed by atoms with Crippen LogP contribution in [-0.2, 0) is 20.7 Å². The Morgan fingerprint density at radius 2 is 2.16 bits per heavy atom. The van der Waals surface area contributed by atoms with Gasteiger partial charge in [0.25, 0.3) is 0 Å². The molecule has 0 N–H and O–H groups in total. The molecule has 1 saturated carbocycles. The van der Waals surface area contributed by atoms with Gasteiger partial charge >= 0.3 is 0 Å². The molecule has 1 aromatic rings. The Morgan fingerprint density at radius 3 is 2.92 bits per heavy atom. The number of benzene rings is 1. The van der Waals surface area contributed by atoms with Crippen LogP contribution in [0.2, 0.25) is 0 Å². The molecule has 5 heteroatoms. The van der Waals surface area contributed by atoms with Gasteiger partial charge in [0, 0.05) is 19.6 Å². The van der Waals surface area contributed by atoms with Crippen LogP contribution in [0.25, 0.3) is 0 Å². The van der Waals surface area contributed by atoms with Crippen LogP contribution in [-0.4, -0.2) is 56.9 Å². The number of amides is 1. The summed E-state index contributed by atoms with van der Waals surface area (Å²) in [7, 11) is 3.44. The topological polar surface area (TPSA) is 48.0 Å². The molecule has 0 bridgehead atoms. The molecule has 1 aromatic carbocycles. The molecule has 2 fully saturated rings. The number of morpholine rings is 1. The zero-order valence-corrected chi connectivity index (χ0v) is 15.5. The minimum Gasteiger partial charge on any atom is -0.496 e. The summed E-state index contributed by atoms with van der Waals surface area (Å²) in [6.45, 7) is 3.91. The van der Waals surface area contributed by atoms with Gasteiger partial charge in [0.1, 0.15) is 5.75 Å². The Hall–Kier alpha value is -1.59. The van der Waals surface area contributed by atoms with Crippen LogP contribution >= 0.6 is 0 Å². The molecule has 0 spiro atoms. The van der Waals surface area contributed by atoms with Crippen molar-refractivity contribution in [3.63, 3.8) is 0 Å². The van der Waals surface area contributed by atoms with Gasteiger partial charge in [0.05, 0.1) is 38.9 Å². The molecule has 1 amide bonds. The van der Waals surface area contributed by atoms with Crippen molar-refractivity contribution < 1.29 is 19.0 Å². The molecule has 138 valence electrons. The second-order valence-electron chi connectivity index (χ2n) is 7.08. The van der Waals surface area contributed by atoms with Crippen molar-refractivity contribution in [3.8, 4) is 5.75 Å². The highest BCUT2D eigenvalue weighted by Gasteiger charge is 2.40. The fraction of sp³-hybridized carbons (Fsp3) is 0.650. The molecule has 1 saturated heterocycles. The van der Waals surface area contributed by atoms with Crippen LogP contribution in [0.3, 0.4) is 0 Å². The van der Waals surface area contributed by atoms with E-state index >= 15 is 0 Å². The van der Waals surface area contributed by atoms with Crippen LogP contribution < -0.4 is 4.74 Å². The quantitative estimate of drug-likeness (QED) is 0.821. The summed E-state index contributed by atoms with van der Waals surface area (Å²) in [5.74, 6) is 1.38. The Morgan fingerprint density at radius 1 is 1.32 bits per heavy atom. The molecule has 1 aliphatic heterocycles. The van der Waals surface area contributed by atoms with Gasteiger partial charge in [-0.25, -0.2) is 0 Å². The number of carbonyl (C=O) groups excluding carboxylic acids is 1. The van der Waals surface area contributed by atoms with E-state index in [1.165, 1.54) is 0 Å². The Labute approximate surface area is 150 Å².